The third-order valence-electron chi connectivity index (χ3n) is 3.38. The highest BCUT2D eigenvalue weighted by Crippen LogP contribution is 2.20. The smallest absolute Gasteiger partial charge is 0.140 e. The van der Waals surface area contributed by atoms with Gasteiger partial charge in [0, 0.05) is 24.3 Å². The zero-order valence-corrected chi connectivity index (χ0v) is 11.2. The monoisotopic (exact) mass is 245 g/mol. The summed E-state index contributed by atoms with van der Waals surface area (Å²) in [6.07, 6.45) is 10.2. The first-order valence-corrected chi connectivity index (χ1v) is 6.99. The largest absolute Gasteiger partial charge is 0.332 e. The Morgan fingerprint density at radius 2 is 2.17 bits per heavy atom. The van der Waals surface area contributed by atoms with E-state index in [0.717, 1.165) is 18.6 Å². The Bertz CT molecular complexity index is 487. The van der Waals surface area contributed by atoms with E-state index in [1.54, 1.807) is 0 Å². The number of unbranched alkanes of at least 4 members (excludes halogenated alkanes) is 3. The average molecular weight is 245 g/mol. The van der Waals surface area contributed by atoms with Crippen LogP contribution in [0.5, 0.6) is 0 Å². The third kappa shape index (κ3) is 2.91. The lowest BCUT2D eigenvalue weighted by atomic mass is 10.2. The van der Waals surface area contributed by atoms with Gasteiger partial charge >= 0.3 is 0 Å². The molecule has 0 unspecified atom stereocenters. The molecule has 2 N–H and O–H groups in total. The zero-order valence-electron chi connectivity index (χ0n) is 11.2. The summed E-state index contributed by atoms with van der Waals surface area (Å²) in [6, 6.07) is 4.15. The number of hydrogen-bond donors (Lipinski definition) is 1. The molecule has 0 amide bonds. The summed E-state index contributed by atoms with van der Waals surface area (Å²) in [7, 11) is 0. The third-order valence-corrected chi connectivity index (χ3v) is 3.38. The van der Waals surface area contributed by atoms with Crippen LogP contribution in [0.25, 0.3) is 11.0 Å². The van der Waals surface area contributed by atoms with Crippen LogP contribution in [0.2, 0.25) is 0 Å². The highest BCUT2D eigenvalue weighted by Gasteiger charge is 2.07. The molecule has 2 heterocycles. The van der Waals surface area contributed by atoms with Crippen molar-refractivity contribution in [2.24, 2.45) is 5.73 Å². The first-order valence-electron chi connectivity index (χ1n) is 6.99. The Balaban J connectivity index is 2.16. The number of nitrogens with two attached hydrogens (primary N) is 1. The van der Waals surface area contributed by atoms with Crippen molar-refractivity contribution >= 4 is 11.0 Å². The van der Waals surface area contributed by atoms with Crippen LogP contribution in [-0.2, 0) is 13.0 Å². The van der Waals surface area contributed by atoms with E-state index in [-0.39, 0.29) is 0 Å². The minimum absolute atomic E-state index is 0.698. The summed E-state index contributed by atoms with van der Waals surface area (Å²) < 4.78 is 2.29. The predicted octanol–water partition coefficient (Wildman–Crippen LogP) is 3.12. The predicted molar refractivity (Wildman–Crippen MR) is 76.6 cm³/mol. The molecule has 0 spiro atoms. The van der Waals surface area contributed by atoms with Crippen molar-refractivity contribution in [1.29, 1.82) is 0 Å². The fraction of sp³-hybridized carbons (Fsp3) is 0.533. The second-order valence-electron chi connectivity index (χ2n) is 4.82. The summed E-state index contributed by atoms with van der Waals surface area (Å²) in [4.78, 5) is 4.51. The van der Waals surface area contributed by atoms with Gasteiger partial charge in [0.2, 0.25) is 0 Å². The van der Waals surface area contributed by atoms with Gasteiger partial charge in [0.05, 0.1) is 0 Å². The number of nitrogens with zero attached hydrogens (tertiary/aromatic N) is 2. The number of fused-ring (bicyclic) bond motifs is 1. The maximum absolute atomic E-state index is 5.67. The van der Waals surface area contributed by atoms with Gasteiger partial charge in [-0.05, 0) is 37.1 Å². The fourth-order valence-corrected chi connectivity index (χ4v) is 2.43. The van der Waals surface area contributed by atoms with Crippen LogP contribution < -0.4 is 5.73 Å². The van der Waals surface area contributed by atoms with Gasteiger partial charge in [-0.2, -0.15) is 0 Å². The highest BCUT2D eigenvalue weighted by atomic mass is 15.0. The quantitative estimate of drug-likeness (QED) is 0.762. The molecule has 2 aromatic heterocycles. The summed E-state index contributed by atoms with van der Waals surface area (Å²) in [6.45, 7) is 4.01. The molecule has 2 aromatic rings. The SMILES string of the molecule is CCCCCCn1cc(CCN)c2cccnc21. The van der Waals surface area contributed by atoms with E-state index in [9.17, 15) is 0 Å². The molecule has 0 aliphatic rings. The summed E-state index contributed by atoms with van der Waals surface area (Å²) >= 11 is 0. The van der Waals surface area contributed by atoms with Crippen molar-refractivity contribution in [3.63, 3.8) is 0 Å². The van der Waals surface area contributed by atoms with E-state index in [4.69, 9.17) is 5.73 Å². The molecule has 3 nitrogen and oxygen atoms in total. The molecule has 0 aliphatic heterocycles. The maximum Gasteiger partial charge on any atom is 0.140 e. The minimum Gasteiger partial charge on any atom is -0.332 e. The Kier molecular flexibility index (Phi) is 4.76. The summed E-state index contributed by atoms with van der Waals surface area (Å²) in [5.41, 5.74) is 8.11. The van der Waals surface area contributed by atoms with Gasteiger partial charge in [0.15, 0.2) is 0 Å². The van der Waals surface area contributed by atoms with Crippen LogP contribution in [0.15, 0.2) is 24.5 Å². The van der Waals surface area contributed by atoms with Gasteiger partial charge in [0.1, 0.15) is 5.65 Å². The molecule has 0 atom stereocenters. The van der Waals surface area contributed by atoms with Gasteiger partial charge < -0.3 is 10.3 Å². The molecule has 0 saturated heterocycles. The average Bonchev–Trinajstić information content (AvgIpc) is 2.74. The normalized spacial score (nSPS) is 11.2. The molecule has 3 heteroatoms. The number of aryl methyl sites for hydroxylation is 1. The Morgan fingerprint density at radius 3 is 2.94 bits per heavy atom. The molecule has 0 saturated carbocycles. The molecular formula is C15H23N3. The lowest BCUT2D eigenvalue weighted by Crippen LogP contribution is -2.02. The molecule has 2 rings (SSSR count). The van der Waals surface area contributed by atoms with Crippen molar-refractivity contribution in [2.75, 3.05) is 6.54 Å². The Hall–Kier alpha value is -1.35. The van der Waals surface area contributed by atoms with E-state index in [2.05, 4.69) is 28.7 Å². The van der Waals surface area contributed by atoms with Crippen molar-refractivity contribution in [1.82, 2.24) is 9.55 Å². The van der Waals surface area contributed by atoms with Crippen molar-refractivity contribution < 1.29 is 0 Å². The van der Waals surface area contributed by atoms with Gasteiger partial charge in [-0.3, -0.25) is 0 Å². The molecule has 0 bridgehead atoms. The van der Waals surface area contributed by atoms with Gasteiger partial charge in [-0.25, -0.2) is 4.98 Å². The molecule has 0 aliphatic carbocycles. The number of pyridine rings is 1. The lowest BCUT2D eigenvalue weighted by Gasteiger charge is -2.03. The van der Waals surface area contributed by atoms with Gasteiger partial charge in [-0.1, -0.05) is 26.2 Å². The molecule has 0 radical (unpaired) electrons. The number of rotatable bonds is 7. The van der Waals surface area contributed by atoms with E-state index < -0.39 is 0 Å². The van der Waals surface area contributed by atoms with E-state index in [1.165, 1.54) is 36.6 Å². The minimum atomic E-state index is 0.698. The summed E-state index contributed by atoms with van der Waals surface area (Å²) in [5.74, 6) is 0. The Labute approximate surface area is 109 Å². The maximum atomic E-state index is 5.67. The topological polar surface area (TPSA) is 43.8 Å². The highest BCUT2D eigenvalue weighted by molar-refractivity contribution is 5.80. The molecule has 0 fully saturated rings. The van der Waals surface area contributed by atoms with Crippen molar-refractivity contribution in [3.05, 3.63) is 30.1 Å². The number of hydrogen-bond acceptors (Lipinski definition) is 2. The van der Waals surface area contributed by atoms with Crippen LogP contribution in [0.1, 0.15) is 38.2 Å². The second-order valence-corrected chi connectivity index (χ2v) is 4.82. The lowest BCUT2D eigenvalue weighted by molar-refractivity contribution is 0.590. The van der Waals surface area contributed by atoms with Gasteiger partial charge in [-0.15, -0.1) is 0 Å². The first kappa shape index (κ1) is 13.1. The molecule has 18 heavy (non-hydrogen) atoms. The first-order chi connectivity index (χ1) is 8.86. The van der Waals surface area contributed by atoms with Crippen molar-refractivity contribution in [3.8, 4) is 0 Å². The molecular weight excluding hydrogens is 222 g/mol. The zero-order chi connectivity index (χ0) is 12.8. The summed E-state index contributed by atoms with van der Waals surface area (Å²) in [5, 5.41) is 1.26. The fourth-order valence-electron chi connectivity index (χ4n) is 2.43. The van der Waals surface area contributed by atoms with E-state index in [0.29, 0.717) is 6.54 Å². The second kappa shape index (κ2) is 6.55. The van der Waals surface area contributed by atoms with Crippen LogP contribution in [0, 0.1) is 0 Å². The van der Waals surface area contributed by atoms with E-state index >= 15 is 0 Å². The number of aromatic nitrogens is 2. The van der Waals surface area contributed by atoms with Crippen molar-refractivity contribution in [2.45, 2.75) is 45.6 Å². The Morgan fingerprint density at radius 1 is 1.28 bits per heavy atom. The van der Waals surface area contributed by atoms with Gasteiger partial charge in [0.25, 0.3) is 0 Å². The van der Waals surface area contributed by atoms with Crippen LogP contribution >= 0.6 is 0 Å². The van der Waals surface area contributed by atoms with Crippen LogP contribution in [-0.4, -0.2) is 16.1 Å². The van der Waals surface area contributed by atoms with E-state index in [1.807, 2.05) is 12.3 Å². The van der Waals surface area contributed by atoms with Crippen LogP contribution in [0.4, 0.5) is 0 Å². The standard InChI is InChI=1S/C15H23N3/c1-2-3-4-5-11-18-12-13(8-9-16)14-7-6-10-17-15(14)18/h6-7,10,12H,2-5,8-9,11,16H2,1H3. The van der Waals surface area contributed by atoms with Crippen LogP contribution in [0.3, 0.4) is 0 Å². The molecule has 0 aromatic carbocycles. The molecule has 98 valence electrons.